The zero-order chi connectivity index (χ0) is 16.7. The van der Waals surface area contributed by atoms with Gasteiger partial charge in [0.1, 0.15) is 5.75 Å². The van der Waals surface area contributed by atoms with Crippen molar-refractivity contribution in [2.75, 3.05) is 6.61 Å². The summed E-state index contributed by atoms with van der Waals surface area (Å²) in [5.41, 5.74) is 12.4. The first-order valence-corrected chi connectivity index (χ1v) is 7.82. The Morgan fingerprint density at radius 3 is 2.30 bits per heavy atom. The van der Waals surface area contributed by atoms with E-state index >= 15 is 0 Å². The zero-order valence-electron chi connectivity index (χ0n) is 13.5. The molecule has 0 aliphatic carbocycles. The molecular formula is C19H24N2O2. The fourth-order valence-electron chi connectivity index (χ4n) is 2.33. The third kappa shape index (κ3) is 5.42. The molecule has 0 saturated heterocycles. The van der Waals surface area contributed by atoms with Crippen molar-refractivity contribution in [1.82, 2.24) is 0 Å². The van der Waals surface area contributed by atoms with Crippen LogP contribution in [0.4, 0.5) is 0 Å². The van der Waals surface area contributed by atoms with Gasteiger partial charge in [-0.25, -0.2) is 0 Å². The van der Waals surface area contributed by atoms with Gasteiger partial charge in [-0.2, -0.15) is 0 Å². The maximum atomic E-state index is 11.3. The second-order valence-electron chi connectivity index (χ2n) is 6.04. The van der Waals surface area contributed by atoms with Gasteiger partial charge in [-0.15, -0.1) is 0 Å². The van der Waals surface area contributed by atoms with Crippen molar-refractivity contribution < 1.29 is 9.53 Å². The van der Waals surface area contributed by atoms with Crippen LogP contribution < -0.4 is 16.2 Å². The van der Waals surface area contributed by atoms with Crippen molar-refractivity contribution in [2.24, 2.45) is 11.5 Å². The lowest BCUT2D eigenvalue weighted by atomic mass is 9.93. The van der Waals surface area contributed by atoms with Crippen molar-refractivity contribution in [3.63, 3.8) is 0 Å². The van der Waals surface area contributed by atoms with Gasteiger partial charge in [0.25, 0.3) is 0 Å². The van der Waals surface area contributed by atoms with Crippen LogP contribution in [0.5, 0.6) is 5.75 Å². The summed E-state index contributed by atoms with van der Waals surface area (Å²) < 4.78 is 5.74. The van der Waals surface area contributed by atoms with E-state index in [9.17, 15) is 4.79 Å². The number of hydrogen-bond acceptors (Lipinski definition) is 3. The summed E-state index contributed by atoms with van der Waals surface area (Å²) in [6, 6.07) is 18.0. The Hall–Kier alpha value is -2.33. The molecule has 23 heavy (non-hydrogen) atoms. The molecule has 0 fully saturated rings. The van der Waals surface area contributed by atoms with E-state index in [0.717, 1.165) is 24.2 Å². The third-order valence-corrected chi connectivity index (χ3v) is 3.78. The number of benzene rings is 2. The summed E-state index contributed by atoms with van der Waals surface area (Å²) in [5.74, 6) is 0.318. The number of carbonyl (C=O) groups is 1. The van der Waals surface area contributed by atoms with Gasteiger partial charge in [-0.3, -0.25) is 4.79 Å². The van der Waals surface area contributed by atoms with E-state index in [1.165, 1.54) is 5.56 Å². The lowest BCUT2D eigenvalue weighted by Gasteiger charge is -2.20. The molecule has 0 aromatic heterocycles. The average Bonchev–Trinajstić information content (AvgIpc) is 2.54. The fraction of sp³-hybridized carbons (Fsp3) is 0.316. The Morgan fingerprint density at radius 1 is 1.04 bits per heavy atom. The van der Waals surface area contributed by atoms with E-state index in [4.69, 9.17) is 16.2 Å². The molecule has 0 radical (unpaired) electrons. The normalized spacial score (nSPS) is 13.3. The average molecular weight is 312 g/mol. The number of nitrogens with two attached hydrogens (primary N) is 2. The quantitative estimate of drug-likeness (QED) is 0.735. The topological polar surface area (TPSA) is 78.3 Å². The van der Waals surface area contributed by atoms with Crippen LogP contribution in [0.2, 0.25) is 0 Å². The summed E-state index contributed by atoms with van der Waals surface area (Å²) >= 11 is 0. The van der Waals surface area contributed by atoms with Crippen LogP contribution in [0.1, 0.15) is 24.5 Å². The minimum Gasteiger partial charge on any atom is -0.494 e. The number of carbonyl (C=O) groups excluding carboxylic acids is 1. The predicted molar refractivity (Wildman–Crippen MR) is 92.2 cm³/mol. The summed E-state index contributed by atoms with van der Waals surface area (Å²) in [6.07, 6.45) is 2.38. The lowest BCUT2D eigenvalue weighted by Crippen LogP contribution is -2.51. The Labute approximate surface area is 137 Å². The molecule has 2 aromatic carbocycles. The van der Waals surface area contributed by atoms with Crippen LogP contribution in [0.15, 0.2) is 54.6 Å². The molecule has 0 aliphatic heterocycles. The highest BCUT2D eigenvalue weighted by molar-refractivity contribution is 5.84. The van der Waals surface area contributed by atoms with Crippen LogP contribution in [0.3, 0.4) is 0 Å². The van der Waals surface area contributed by atoms with Crippen LogP contribution >= 0.6 is 0 Å². The van der Waals surface area contributed by atoms with Crippen LogP contribution in [-0.4, -0.2) is 18.1 Å². The molecule has 0 spiro atoms. The highest BCUT2D eigenvalue weighted by Gasteiger charge is 2.25. The molecule has 122 valence electrons. The molecular weight excluding hydrogens is 288 g/mol. The van der Waals surface area contributed by atoms with E-state index in [1.54, 1.807) is 6.92 Å². The van der Waals surface area contributed by atoms with Gasteiger partial charge in [0.2, 0.25) is 5.91 Å². The molecule has 0 heterocycles. The second-order valence-corrected chi connectivity index (χ2v) is 6.04. The molecule has 0 aliphatic rings. The maximum Gasteiger partial charge on any atom is 0.237 e. The third-order valence-electron chi connectivity index (χ3n) is 3.78. The number of aryl methyl sites for hydroxylation is 1. The Kier molecular flexibility index (Phi) is 5.77. The van der Waals surface area contributed by atoms with Gasteiger partial charge in [-0.1, -0.05) is 42.5 Å². The standard InChI is InChI=1S/C19H24N2O2/c1-19(21,18(20)22)14-16-9-11-17(12-10-16)23-13-5-8-15-6-3-2-4-7-15/h2-4,6-7,9-12H,5,8,13-14,21H2,1H3,(H2,20,22). The van der Waals surface area contributed by atoms with E-state index in [-0.39, 0.29) is 0 Å². The van der Waals surface area contributed by atoms with Crippen LogP contribution in [-0.2, 0) is 17.6 Å². The Balaban J connectivity index is 1.78. The highest BCUT2D eigenvalue weighted by Crippen LogP contribution is 2.16. The van der Waals surface area contributed by atoms with Crippen molar-refractivity contribution >= 4 is 5.91 Å². The first-order valence-electron chi connectivity index (χ1n) is 7.82. The second kappa shape index (κ2) is 7.79. The Bertz CT molecular complexity index is 622. The van der Waals surface area contributed by atoms with E-state index in [1.807, 2.05) is 42.5 Å². The van der Waals surface area contributed by atoms with E-state index < -0.39 is 11.4 Å². The van der Waals surface area contributed by atoms with Crippen molar-refractivity contribution in [3.05, 3.63) is 65.7 Å². The maximum absolute atomic E-state index is 11.3. The van der Waals surface area contributed by atoms with Gasteiger partial charge >= 0.3 is 0 Å². The molecule has 0 saturated carbocycles. The fourth-order valence-corrected chi connectivity index (χ4v) is 2.33. The van der Waals surface area contributed by atoms with Gasteiger partial charge in [-0.05, 0) is 49.4 Å². The number of amides is 1. The minimum absolute atomic E-state index is 0.413. The van der Waals surface area contributed by atoms with Gasteiger partial charge in [0.15, 0.2) is 0 Å². The van der Waals surface area contributed by atoms with E-state index in [2.05, 4.69) is 12.1 Å². The molecule has 4 heteroatoms. The van der Waals surface area contributed by atoms with E-state index in [0.29, 0.717) is 13.0 Å². The summed E-state index contributed by atoms with van der Waals surface area (Å²) in [4.78, 5) is 11.3. The van der Waals surface area contributed by atoms with Crippen LogP contribution in [0, 0.1) is 0 Å². The molecule has 4 N–H and O–H groups in total. The lowest BCUT2D eigenvalue weighted by molar-refractivity contribution is -0.122. The number of ether oxygens (including phenoxy) is 1. The largest absolute Gasteiger partial charge is 0.494 e. The van der Waals surface area contributed by atoms with Crippen molar-refractivity contribution in [1.29, 1.82) is 0 Å². The van der Waals surface area contributed by atoms with Gasteiger partial charge in [0.05, 0.1) is 12.1 Å². The molecule has 1 unspecified atom stereocenters. The summed E-state index contributed by atoms with van der Waals surface area (Å²) in [7, 11) is 0. The molecule has 1 atom stereocenters. The molecule has 4 nitrogen and oxygen atoms in total. The molecule has 2 aromatic rings. The van der Waals surface area contributed by atoms with Crippen molar-refractivity contribution in [2.45, 2.75) is 31.7 Å². The summed E-state index contributed by atoms with van der Waals surface area (Å²) in [6.45, 7) is 2.31. The Morgan fingerprint density at radius 2 is 1.70 bits per heavy atom. The van der Waals surface area contributed by atoms with Crippen molar-refractivity contribution in [3.8, 4) is 5.75 Å². The number of primary amides is 1. The zero-order valence-corrected chi connectivity index (χ0v) is 13.5. The summed E-state index contributed by atoms with van der Waals surface area (Å²) in [5, 5.41) is 0. The molecule has 1 amide bonds. The van der Waals surface area contributed by atoms with Gasteiger partial charge in [0, 0.05) is 0 Å². The predicted octanol–water partition coefficient (Wildman–Crippen LogP) is 2.44. The molecule has 0 bridgehead atoms. The number of hydrogen-bond donors (Lipinski definition) is 2. The van der Waals surface area contributed by atoms with Gasteiger partial charge < -0.3 is 16.2 Å². The van der Waals surface area contributed by atoms with Crippen LogP contribution in [0.25, 0.3) is 0 Å². The monoisotopic (exact) mass is 312 g/mol. The SMILES string of the molecule is CC(N)(Cc1ccc(OCCCc2ccccc2)cc1)C(N)=O. The first-order chi connectivity index (χ1) is 11.0. The number of rotatable bonds is 8. The smallest absolute Gasteiger partial charge is 0.237 e. The first kappa shape index (κ1) is 17.0. The molecule has 2 rings (SSSR count). The minimum atomic E-state index is -1.03. The highest BCUT2D eigenvalue weighted by atomic mass is 16.5.